The lowest BCUT2D eigenvalue weighted by Crippen LogP contribution is -2.35. The van der Waals surface area contributed by atoms with E-state index < -0.39 is 0 Å². The van der Waals surface area contributed by atoms with E-state index in [0.29, 0.717) is 85.4 Å². The summed E-state index contributed by atoms with van der Waals surface area (Å²) >= 11 is 0. The number of aryl methyl sites for hydroxylation is 2. The van der Waals surface area contributed by atoms with Crippen LogP contribution in [0.1, 0.15) is 95.8 Å². The molecule has 2 heterocycles. The second-order valence-electron chi connectivity index (χ2n) is 17.0. The van der Waals surface area contributed by atoms with Gasteiger partial charge in [-0.05, 0) is 106 Å². The molecule has 0 radical (unpaired) electrons. The third kappa shape index (κ3) is 21.0. The summed E-state index contributed by atoms with van der Waals surface area (Å²) in [4.78, 5) is 30.5. The van der Waals surface area contributed by atoms with Crippen LogP contribution >= 0.6 is 0 Å². The molecule has 10 nitrogen and oxygen atoms in total. The van der Waals surface area contributed by atoms with Gasteiger partial charge in [0.2, 0.25) is 11.8 Å². The average molecular weight is 932 g/mol. The van der Waals surface area contributed by atoms with Crippen LogP contribution in [0.4, 0.5) is 5.69 Å². The van der Waals surface area contributed by atoms with Crippen molar-refractivity contribution < 1.29 is 33.3 Å². The van der Waals surface area contributed by atoms with Crippen molar-refractivity contribution >= 4 is 17.5 Å². The molecule has 10 heteroatoms. The molecule has 2 aliphatic heterocycles. The Hall–Kier alpha value is -5.10. The van der Waals surface area contributed by atoms with Gasteiger partial charge in [-0.25, -0.2) is 0 Å². The molecule has 2 aliphatic rings. The van der Waals surface area contributed by atoms with Crippen LogP contribution in [-0.2, 0) is 52.7 Å². The van der Waals surface area contributed by atoms with E-state index in [0.717, 1.165) is 74.9 Å². The summed E-state index contributed by atoms with van der Waals surface area (Å²) in [6.45, 7) is 19.2. The van der Waals surface area contributed by atoms with Gasteiger partial charge in [0.25, 0.3) is 0 Å². The Balaban J connectivity index is 0.945. The first-order valence-electron chi connectivity index (χ1n) is 25.1. The van der Waals surface area contributed by atoms with E-state index in [1.807, 2.05) is 69.1 Å². The fourth-order valence-corrected chi connectivity index (χ4v) is 8.27. The minimum absolute atomic E-state index is 0.0209. The first kappa shape index (κ1) is 55.5. The molecule has 0 saturated carbocycles. The Bertz CT molecular complexity index is 2030. The minimum Gasteiger partial charge on any atom is -0.379 e. The fourth-order valence-electron chi connectivity index (χ4n) is 8.27. The van der Waals surface area contributed by atoms with E-state index in [1.54, 1.807) is 0 Å². The zero-order valence-corrected chi connectivity index (χ0v) is 41.8. The van der Waals surface area contributed by atoms with E-state index in [4.69, 9.17) is 23.7 Å². The number of unbranched alkanes of at least 4 members (excludes halogenated alkanes) is 3. The number of rotatable bonds is 31. The van der Waals surface area contributed by atoms with Crippen molar-refractivity contribution in [2.75, 3.05) is 84.1 Å². The molecular weight excluding hydrogens is 851 g/mol. The molecule has 1 unspecified atom stereocenters. The number of hydrogen-bond acceptors (Lipinski definition) is 8. The summed E-state index contributed by atoms with van der Waals surface area (Å²) in [6, 6.07) is 17.6. The Morgan fingerprint density at radius 2 is 1.22 bits per heavy atom. The number of carbonyl (C=O) groups excluding carboxylic acids is 2. The van der Waals surface area contributed by atoms with Gasteiger partial charge in [0.1, 0.15) is 0 Å². The van der Waals surface area contributed by atoms with Crippen molar-refractivity contribution in [1.82, 2.24) is 10.2 Å². The number of nitrogens with zero attached hydrogens (tertiary/aromatic N) is 2. The molecule has 1 N–H and O–H groups in total. The van der Waals surface area contributed by atoms with E-state index in [1.165, 1.54) is 28.1 Å². The molecule has 0 saturated heterocycles. The molecule has 68 heavy (non-hydrogen) atoms. The van der Waals surface area contributed by atoms with Crippen molar-refractivity contribution in [3.05, 3.63) is 161 Å². The predicted octanol–water partition coefficient (Wildman–Crippen LogP) is 11.1. The number of para-hydroxylation sites is 1. The summed E-state index contributed by atoms with van der Waals surface area (Å²) in [5, 5.41) is 2.93. The van der Waals surface area contributed by atoms with Crippen LogP contribution in [-0.4, -0.2) is 95.9 Å². The van der Waals surface area contributed by atoms with Crippen molar-refractivity contribution in [3.63, 3.8) is 0 Å². The van der Waals surface area contributed by atoms with Crippen molar-refractivity contribution in [3.8, 4) is 0 Å². The van der Waals surface area contributed by atoms with Gasteiger partial charge in [-0.15, -0.1) is 0 Å². The molecule has 0 aliphatic carbocycles. The van der Waals surface area contributed by atoms with E-state index >= 15 is 0 Å². The van der Waals surface area contributed by atoms with Gasteiger partial charge in [-0.2, -0.15) is 0 Å². The highest BCUT2D eigenvalue weighted by Crippen LogP contribution is 2.32. The van der Waals surface area contributed by atoms with Crippen molar-refractivity contribution in [2.45, 2.75) is 98.4 Å². The third-order valence-electron chi connectivity index (χ3n) is 11.7. The number of anilines is 1. The van der Waals surface area contributed by atoms with E-state index in [-0.39, 0.29) is 24.2 Å². The highest BCUT2D eigenvalue weighted by molar-refractivity contribution is 5.80. The van der Waals surface area contributed by atoms with Gasteiger partial charge in [-0.1, -0.05) is 123 Å². The number of nitrogens with one attached hydrogen (secondary N) is 1. The molecule has 2 aromatic rings. The van der Waals surface area contributed by atoms with Gasteiger partial charge >= 0.3 is 0 Å². The lowest BCUT2D eigenvalue weighted by atomic mass is 9.95. The first-order valence-corrected chi connectivity index (χ1v) is 25.1. The number of hydrogen-bond donors (Lipinski definition) is 1. The van der Waals surface area contributed by atoms with Gasteiger partial charge in [0.05, 0.1) is 65.2 Å². The smallest absolute Gasteiger partial charge is 0.227 e. The molecule has 4 rings (SSSR count). The van der Waals surface area contributed by atoms with Gasteiger partial charge in [0.15, 0.2) is 0 Å². The molecule has 370 valence electrons. The lowest BCUT2D eigenvalue weighted by molar-refractivity contribution is -0.129. The van der Waals surface area contributed by atoms with Crippen LogP contribution in [0.25, 0.3) is 0 Å². The molecule has 1 atom stereocenters. The Morgan fingerprint density at radius 3 is 1.90 bits per heavy atom. The normalized spacial score (nSPS) is 17.9. The van der Waals surface area contributed by atoms with E-state index in [2.05, 4.69) is 95.7 Å². The van der Waals surface area contributed by atoms with Crippen LogP contribution in [0.15, 0.2) is 144 Å². The van der Waals surface area contributed by atoms with Crippen LogP contribution in [0.3, 0.4) is 0 Å². The number of benzene rings is 2. The zero-order valence-electron chi connectivity index (χ0n) is 41.8. The summed E-state index contributed by atoms with van der Waals surface area (Å²) in [6.07, 6.45) is 31.3. The molecule has 0 aromatic heterocycles. The fraction of sp³-hybridized carbons (Fsp3) is 0.483. The third-order valence-corrected chi connectivity index (χ3v) is 11.7. The maximum Gasteiger partial charge on any atom is 0.227 e. The summed E-state index contributed by atoms with van der Waals surface area (Å²) in [5.41, 5.74) is 9.66. The molecule has 0 fully saturated rings. The molecule has 0 bridgehead atoms. The first-order chi connectivity index (χ1) is 33.4. The molecule has 2 amide bonds. The largest absolute Gasteiger partial charge is 0.379 e. The van der Waals surface area contributed by atoms with Crippen molar-refractivity contribution in [2.24, 2.45) is 5.92 Å². The maximum absolute atomic E-state index is 13.8. The highest BCUT2D eigenvalue weighted by atomic mass is 16.6. The van der Waals surface area contributed by atoms with Gasteiger partial charge in [-0.3, -0.25) is 9.59 Å². The summed E-state index contributed by atoms with van der Waals surface area (Å²) in [7, 11) is 0. The number of carbonyl (C=O) groups is 2. The Labute approximate surface area is 409 Å². The highest BCUT2D eigenvalue weighted by Gasteiger charge is 2.23. The number of allylic oxidation sites excluding steroid dienone is 12. The summed E-state index contributed by atoms with van der Waals surface area (Å²) in [5.74, 6) is -0.0389. The van der Waals surface area contributed by atoms with Crippen molar-refractivity contribution in [1.29, 1.82) is 0 Å². The van der Waals surface area contributed by atoms with E-state index in [9.17, 15) is 9.59 Å². The Kier molecular flexibility index (Phi) is 27.9. The molecule has 0 spiro atoms. The number of amides is 2. The number of ether oxygens (including phenoxy) is 5. The van der Waals surface area contributed by atoms with Crippen LogP contribution in [0.5, 0.6) is 0 Å². The second-order valence-corrected chi connectivity index (χ2v) is 17.0. The zero-order chi connectivity index (χ0) is 48.4. The predicted molar refractivity (Wildman–Crippen MR) is 278 cm³/mol. The quantitative estimate of drug-likeness (QED) is 0.0590. The SMILES string of the molecule is C=C(CCCCCCOCCOCCOCCOCCOCCC(=O)NCCCC(=O)N1CC(/C=C\C)/C=C(\C=C/C)/C=C/C(/C=C\C)=C1/C=C\C)N1Cc2ccccc2CCc2ccccc21. The minimum atomic E-state index is -0.102. The topological polar surface area (TPSA) is 98.8 Å². The molecular formula is C58H81N3O7. The Morgan fingerprint density at radius 1 is 0.618 bits per heavy atom. The maximum atomic E-state index is 13.8. The summed E-state index contributed by atoms with van der Waals surface area (Å²) < 4.78 is 28.2. The lowest BCUT2D eigenvalue weighted by Gasteiger charge is -2.32. The average Bonchev–Trinajstić information content (AvgIpc) is 3.40. The van der Waals surface area contributed by atoms with Crippen LogP contribution in [0, 0.1) is 5.92 Å². The van der Waals surface area contributed by atoms with Gasteiger partial charge in [0, 0.05) is 56.4 Å². The molecule has 2 aromatic carbocycles. The van der Waals surface area contributed by atoms with Gasteiger partial charge < -0.3 is 38.8 Å². The number of fused-ring (bicyclic) bond motifs is 2. The van der Waals surface area contributed by atoms with Crippen LogP contribution in [0.2, 0.25) is 0 Å². The van der Waals surface area contributed by atoms with Crippen LogP contribution < -0.4 is 10.2 Å². The second kappa shape index (κ2) is 34.2. The standard InChI is InChI=1S/C58H81N3O7/c1-6-19-49-29-30-52(21-8-3)55(22-9-4)61(46-50(45-49)20-7-2)58(63)28-18-34-59-57(62)33-36-65-38-40-67-42-44-68-43-41-66-39-37-64-35-17-11-10-12-23-48(5)60-47-54-26-14-13-24-51(54)31-32-53-25-15-16-27-56(53)60/h6-9,13-16,19-22,24-27,29-30,45,50H,5,10-12,17-18,23,28,31-44,46-47H2,1-4H3,(H,59,62)/b19-6-,20-7-,21-8-,22-9-,30-29+,49-45+,55-52-. The monoisotopic (exact) mass is 932 g/mol.